The number of rotatable bonds is 9. The van der Waals surface area contributed by atoms with Crippen molar-refractivity contribution in [3.63, 3.8) is 0 Å². The molecule has 2 atom stereocenters. The smallest absolute Gasteiger partial charge is 0.255 e. The molecule has 3 N–H and O–H groups in total. The number of carbonyl (C=O) groups excluding carboxylic acids is 2. The number of nitrogens with one attached hydrogen (secondary N) is 2. The molecule has 210 valence electrons. The number of amides is 2. The van der Waals surface area contributed by atoms with E-state index in [-0.39, 0.29) is 18.4 Å². The highest BCUT2D eigenvalue weighted by molar-refractivity contribution is 6.02. The van der Waals surface area contributed by atoms with Crippen molar-refractivity contribution in [1.29, 1.82) is 0 Å². The van der Waals surface area contributed by atoms with Crippen LogP contribution in [0, 0.1) is 6.92 Å². The van der Waals surface area contributed by atoms with Gasteiger partial charge in [-0.05, 0) is 55.8 Å². The van der Waals surface area contributed by atoms with Crippen molar-refractivity contribution >= 4 is 29.3 Å². The highest BCUT2D eigenvalue weighted by Gasteiger charge is 2.35. The molecule has 4 heterocycles. The van der Waals surface area contributed by atoms with E-state index < -0.39 is 12.1 Å². The normalized spacial score (nSPS) is 13.9. The summed E-state index contributed by atoms with van der Waals surface area (Å²) in [6.07, 6.45) is 3.37. The third-order valence-electron chi connectivity index (χ3n) is 6.96. The van der Waals surface area contributed by atoms with Crippen LogP contribution < -0.4 is 15.5 Å². The van der Waals surface area contributed by atoms with E-state index >= 15 is 0 Å². The van der Waals surface area contributed by atoms with Gasteiger partial charge in [0, 0.05) is 55.5 Å². The maximum Gasteiger partial charge on any atom is 0.255 e. The summed E-state index contributed by atoms with van der Waals surface area (Å²) in [6, 6.07) is 15.1. The van der Waals surface area contributed by atoms with Crippen molar-refractivity contribution in [3.05, 3.63) is 89.5 Å². The predicted molar refractivity (Wildman–Crippen MR) is 156 cm³/mol. The zero-order valence-corrected chi connectivity index (χ0v) is 23.4. The molecule has 0 aliphatic carbocycles. The van der Waals surface area contributed by atoms with Gasteiger partial charge in [0.1, 0.15) is 11.9 Å². The molecule has 4 aromatic rings. The Bertz CT molecular complexity index is 1590. The van der Waals surface area contributed by atoms with Crippen LogP contribution in [0.15, 0.2) is 67.0 Å². The van der Waals surface area contributed by atoms with Crippen LogP contribution in [-0.2, 0) is 11.3 Å². The number of aliphatic hydroxyl groups excluding tert-OH is 1. The largest absolute Gasteiger partial charge is 0.394 e. The van der Waals surface area contributed by atoms with Gasteiger partial charge in [0.2, 0.25) is 11.9 Å². The third-order valence-corrected chi connectivity index (χ3v) is 6.96. The van der Waals surface area contributed by atoms with E-state index in [4.69, 9.17) is 0 Å². The Balaban J connectivity index is 1.30. The lowest BCUT2D eigenvalue weighted by atomic mass is 10.0. The van der Waals surface area contributed by atoms with Crippen molar-refractivity contribution in [2.24, 2.45) is 0 Å². The minimum atomic E-state index is -0.761. The first kappa shape index (κ1) is 27.7. The molecule has 0 saturated carbocycles. The van der Waals surface area contributed by atoms with Crippen LogP contribution in [-0.4, -0.2) is 68.5 Å². The Morgan fingerprint density at radius 2 is 1.88 bits per heavy atom. The SMILES string of the molecule is Cc1cc(Nc2nccc(-c3ccc4c(c3)C(=O)N([C@H](C)C(=O)N[C@H](CO)c3cccc(N(C)C)n3)C4)n2)ccn1. The quantitative estimate of drug-likeness (QED) is 0.286. The molecule has 1 aliphatic rings. The fourth-order valence-corrected chi connectivity index (χ4v) is 4.66. The molecule has 0 saturated heterocycles. The number of fused-ring (bicyclic) bond motifs is 1. The second-order valence-corrected chi connectivity index (χ2v) is 10.1. The summed E-state index contributed by atoms with van der Waals surface area (Å²) in [4.78, 5) is 47.7. The Kier molecular flexibility index (Phi) is 7.88. The number of nitrogens with zero attached hydrogens (tertiary/aromatic N) is 6. The second kappa shape index (κ2) is 11.7. The van der Waals surface area contributed by atoms with Gasteiger partial charge in [0.15, 0.2) is 0 Å². The van der Waals surface area contributed by atoms with E-state index in [0.717, 1.165) is 22.5 Å². The number of aromatic nitrogens is 4. The van der Waals surface area contributed by atoms with Crippen LogP contribution in [0.3, 0.4) is 0 Å². The van der Waals surface area contributed by atoms with E-state index in [1.54, 1.807) is 37.5 Å². The van der Waals surface area contributed by atoms with Gasteiger partial charge in [-0.25, -0.2) is 15.0 Å². The molecule has 5 rings (SSSR count). The number of benzene rings is 1. The lowest BCUT2D eigenvalue weighted by Gasteiger charge is -2.26. The van der Waals surface area contributed by atoms with Gasteiger partial charge >= 0.3 is 0 Å². The van der Waals surface area contributed by atoms with Crippen LogP contribution >= 0.6 is 0 Å². The second-order valence-electron chi connectivity index (χ2n) is 10.1. The predicted octanol–water partition coefficient (Wildman–Crippen LogP) is 3.25. The maximum absolute atomic E-state index is 13.4. The Morgan fingerprint density at radius 3 is 2.63 bits per heavy atom. The van der Waals surface area contributed by atoms with E-state index in [0.29, 0.717) is 35.3 Å². The summed E-state index contributed by atoms with van der Waals surface area (Å²) in [7, 11) is 3.74. The zero-order chi connectivity index (χ0) is 29.1. The summed E-state index contributed by atoms with van der Waals surface area (Å²) in [6.45, 7) is 3.57. The van der Waals surface area contributed by atoms with Crippen molar-refractivity contribution in [2.45, 2.75) is 32.5 Å². The van der Waals surface area contributed by atoms with Crippen LogP contribution in [0.5, 0.6) is 0 Å². The average Bonchev–Trinajstić information content (AvgIpc) is 3.31. The summed E-state index contributed by atoms with van der Waals surface area (Å²) < 4.78 is 0. The summed E-state index contributed by atoms with van der Waals surface area (Å²) in [5.41, 5.74) is 5.02. The van der Waals surface area contributed by atoms with Gasteiger partial charge < -0.3 is 25.5 Å². The molecule has 0 bridgehead atoms. The fraction of sp³-hybridized carbons (Fsp3) is 0.267. The van der Waals surface area contributed by atoms with Gasteiger partial charge in [0.05, 0.1) is 24.0 Å². The molecule has 11 nitrogen and oxygen atoms in total. The number of aliphatic hydroxyl groups is 1. The zero-order valence-electron chi connectivity index (χ0n) is 23.4. The number of anilines is 3. The van der Waals surface area contributed by atoms with Gasteiger partial charge in [-0.3, -0.25) is 14.6 Å². The molecular weight excluding hydrogens is 520 g/mol. The maximum atomic E-state index is 13.4. The van der Waals surface area contributed by atoms with Gasteiger partial charge in [-0.1, -0.05) is 18.2 Å². The van der Waals surface area contributed by atoms with E-state index in [1.165, 1.54) is 4.90 Å². The minimum Gasteiger partial charge on any atom is -0.394 e. The molecule has 41 heavy (non-hydrogen) atoms. The molecule has 3 aromatic heterocycles. The van der Waals surface area contributed by atoms with Crippen molar-refractivity contribution in [3.8, 4) is 11.3 Å². The van der Waals surface area contributed by atoms with E-state index in [2.05, 4.69) is 30.6 Å². The molecule has 0 radical (unpaired) electrons. The summed E-state index contributed by atoms with van der Waals surface area (Å²) in [5, 5.41) is 16.0. The van der Waals surface area contributed by atoms with Crippen LogP contribution in [0.25, 0.3) is 11.3 Å². The fourth-order valence-electron chi connectivity index (χ4n) is 4.66. The Hall–Kier alpha value is -4.90. The third kappa shape index (κ3) is 5.99. The highest BCUT2D eigenvalue weighted by atomic mass is 16.3. The van der Waals surface area contributed by atoms with Crippen molar-refractivity contribution < 1.29 is 14.7 Å². The summed E-state index contributed by atoms with van der Waals surface area (Å²) >= 11 is 0. The molecule has 0 fully saturated rings. The minimum absolute atomic E-state index is 0.238. The Labute approximate surface area is 238 Å². The van der Waals surface area contributed by atoms with E-state index in [9.17, 15) is 14.7 Å². The van der Waals surface area contributed by atoms with Crippen molar-refractivity contribution in [1.82, 2.24) is 30.2 Å². The lowest BCUT2D eigenvalue weighted by molar-refractivity contribution is -0.126. The number of hydrogen-bond donors (Lipinski definition) is 3. The standard InChI is InChI=1S/C30H32N8O3/c1-18-14-22(10-12-31-18)33-30-32-13-11-24(36-30)20-8-9-21-16-38(29(41)23(21)15-20)19(2)28(40)35-26(17-39)25-6-5-7-27(34-25)37(3)4/h5-15,19,26,39H,16-17H2,1-4H3,(H,35,40)(H,31,32,33,36)/t19-,26-/m1/s1. The molecule has 1 aliphatic heterocycles. The number of carbonyl (C=O) groups is 2. The van der Waals surface area contributed by atoms with Gasteiger partial charge in [-0.2, -0.15) is 0 Å². The van der Waals surface area contributed by atoms with E-state index in [1.807, 2.05) is 62.3 Å². The summed E-state index contributed by atoms with van der Waals surface area (Å²) in [5.74, 6) is 0.525. The highest BCUT2D eigenvalue weighted by Crippen LogP contribution is 2.30. The molecule has 2 amide bonds. The molecular formula is C30H32N8O3. The Morgan fingerprint density at radius 1 is 1.07 bits per heavy atom. The number of pyridine rings is 2. The molecule has 0 unspecified atom stereocenters. The molecule has 1 aromatic carbocycles. The van der Waals surface area contributed by atoms with Gasteiger partial charge in [0.25, 0.3) is 5.91 Å². The first-order valence-electron chi connectivity index (χ1n) is 13.3. The topological polar surface area (TPSA) is 136 Å². The van der Waals surface area contributed by atoms with Crippen LogP contribution in [0.1, 0.15) is 40.3 Å². The molecule has 0 spiro atoms. The van der Waals surface area contributed by atoms with Crippen LogP contribution in [0.2, 0.25) is 0 Å². The average molecular weight is 553 g/mol. The number of aryl methyl sites for hydroxylation is 1. The molecule has 11 heteroatoms. The first-order chi connectivity index (χ1) is 19.7. The lowest BCUT2D eigenvalue weighted by Crippen LogP contribution is -2.47. The van der Waals surface area contributed by atoms with Crippen LogP contribution in [0.4, 0.5) is 17.5 Å². The van der Waals surface area contributed by atoms with Crippen molar-refractivity contribution in [2.75, 3.05) is 30.9 Å². The number of hydrogen-bond acceptors (Lipinski definition) is 9. The first-order valence-corrected chi connectivity index (χ1v) is 13.3. The monoisotopic (exact) mass is 552 g/mol. The van der Waals surface area contributed by atoms with Gasteiger partial charge in [-0.15, -0.1) is 0 Å².